The number of aliphatic imine (C=N–C) groups is 1. The Morgan fingerprint density at radius 3 is 2.64 bits per heavy atom. The number of hydrogen-bond acceptors (Lipinski definition) is 3. The molecule has 2 N–H and O–H groups in total. The van der Waals surface area contributed by atoms with Crippen molar-refractivity contribution in [2.45, 2.75) is 32.9 Å². The molecule has 0 saturated carbocycles. The van der Waals surface area contributed by atoms with E-state index in [0.717, 1.165) is 38.4 Å². The summed E-state index contributed by atoms with van der Waals surface area (Å²) in [6, 6.07) is 3.42. The van der Waals surface area contributed by atoms with Crippen LogP contribution in [0.1, 0.15) is 26.3 Å². The van der Waals surface area contributed by atoms with Gasteiger partial charge in [0.1, 0.15) is 11.6 Å². The van der Waals surface area contributed by atoms with E-state index in [1.54, 1.807) is 0 Å². The van der Waals surface area contributed by atoms with Gasteiger partial charge in [-0.3, -0.25) is 4.90 Å². The summed E-state index contributed by atoms with van der Waals surface area (Å²) in [5, 5.41) is 6.44. The Morgan fingerprint density at radius 1 is 1.24 bits per heavy atom. The maximum absolute atomic E-state index is 13.7. The Kier molecular flexibility index (Phi) is 7.13. The molecule has 0 aromatic heterocycles. The molecule has 1 aliphatic rings. The third-order valence-corrected chi connectivity index (χ3v) is 4.32. The van der Waals surface area contributed by atoms with Crippen LogP contribution in [0.15, 0.2) is 23.2 Å². The van der Waals surface area contributed by atoms with E-state index in [9.17, 15) is 8.78 Å². The molecule has 0 amide bonds. The first kappa shape index (κ1) is 19.6. The Labute approximate surface area is 148 Å². The van der Waals surface area contributed by atoms with Crippen molar-refractivity contribution >= 4 is 5.96 Å². The number of morpholine rings is 1. The molecule has 0 atom stereocenters. The number of halogens is 2. The number of guanidine groups is 1. The molecule has 25 heavy (non-hydrogen) atoms. The Hall–Kier alpha value is -1.73. The molecule has 1 heterocycles. The summed E-state index contributed by atoms with van der Waals surface area (Å²) >= 11 is 0. The number of nitrogens with one attached hydrogen (secondary N) is 2. The molecule has 0 radical (unpaired) electrons. The minimum absolute atomic E-state index is 0.0654. The highest BCUT2D eigenvalue weighted by atomic mass is 19.1. The molecule has 0 spiro atoms. The molecular formula is C18H28F2N4O. The zero-order valence-corrected chi connectivity index (χ0v) is 15.2. The van der Waals surface area contributed by atoms with Crippen LogP contribution in [-0.4, -0.2) is 55.8 Å². The van der Waals surface area contributed by atoms with E-state index in [1.807, 2.05) is 6.92 Å². The van der Waals surface area contributed by atoms with Crippen molar-refractivity contribution in [3.8, 4) is 0 Å². The topological polar surface area (TPSA) is 48.9 Å². The van der Waals surface area contributed by atoms with Crippen molar-refractivity contribution in [2.75, 3.05) is 39.4 Å². The predicted octanol–water partition coefficient (Wildman–Crippen LogP) is 2.13. The van der Waals surface area contributed by atoms with Gasteiger partial charge in [0.2, 0.25) is 0 Å². The van der Waals surface area contributed by atoms with Gasteiger partial charge in [-0.1, -0.05) is 0 Å². The van der Waals surface area contributed by atoms with E-state index < -0.39 is 11.6 Å². The van der Waals surface area contributed by atoms with Crippen LogP contribution in [0.4, 0.5) is 8.78 Å². The van der Waals surface area contributed by atoms with Crippen molar-refractivity contribution in [2.24, 2.45) is 4.99 Å². The second kappa shape index (κ2) is 9.10. The first-order chi connectivity index (χ1) is 11.9. The third kappa shape index (κ3) is 5.93. The summed E-state index contributed by atoms with van der Waals surface area (Å²) in [6.45, 7) is 11.0. The standard InChI is InChI=1S/C18H28F2N4O/c1-4-21-17(22-12-14-11-15(19)5-6-16(14)20)23-13-18(2,3)24-7-9-25-10-8-24/h5-6,11H,4,7-10,12-13H2,1-3H3,(H2,21,22,23). The molecule has 0 bridgehead atoms. The molecule has 1 aromatic rings. The SMILES string of the molecule is CCNC(=NCc1cc(F)ccc1F)NCC(C)(C)N1CCOCC1. The van der Waals surface area contributed by atoms with Gasteiger partial charge < -0.3 is 15.4 Å². The van der Waals surface area contributed by atoms with Crippen molar-refractivity contribution in [1.29, 1.82) is 0 Å². The molecule has 0 aliphatic carbocycles. The van der Waals surface area contributed by atoms with Crippen molar-refractivity contribution < 1.29 is 13.5 Å². The maximum atomic E-state index is 13.7. The van der Waals surface area contributed by atoms with Gasteiger partial charge in [-0.15, -0.1) is 0 Å². The highest BCUT2D eigenvalue weighted by molar-refractivity contribution is 5.79. The minimum Gasteiger partial charge on any atom is -0.379 e. The van der Waals surface area contributed by atoms with Gasteiger partial charge in [0.25, 0.3) is 0 Å². The number of ether oxygens (including phenoxy) is 1. The van der Waals surface area contributed by atoms with Gasteiger partial charge in [0.15, 0.2) is 5.96 Å². The van der Waals surface area contributed by atoms with Gasteiger partial charge in [-0.05, 0) is 39.0 Å². The normalized spacial score (nSPS) is 16.8. The summed E-state index contributed by atoms with van der Waals surface area (Å²) in [5.41, 5.74) is 0.175. The molecule has 7 heteroatoms. The van der Waals surface area contributed by atoms with E-state index in [1.165, 1.54) is 6.07 Å². The lowest BCUT2D eigenvalue weighted by Crippen LogP contribution is -2.56. The molecule has 0 unspecified atom stereocenters. The molecular weight excluding hydrogens is 326 g/mol. The monoisotopic (exact) mass is 354 g/mol. The average molecular weight is 354 g/mol. The maximum Gasteiger partial charge on any atom is 0.191 e. The number of hydrogen-bond donors (Lipinski definition) is 2. The van der Waals surface area contributed by atoms with Gasteiger partial charge >= 0.3 is 0 Å². The van der Waals surface area contributed by atoms with Crippen LogP contribution in [-0.2, 0) is 11.3 Å². The summed E-state index contributed by atoms with van der Waals surface area (Å²) < 4.78 is 32.4. The van der Waals surface area contributed by atoms with E-state index >= 15 is 0 Å². The third-order valence-electron chi connectivity index (χ3n) is 4.32. The van der Waals surface area contributed by atoms with E-state index in [-0.39, 0.29) is 17.6 Å². The molecule has 5 nitrogen and oxygen atoms in total. The van der Waals surface area contributed by atoms with Crippen LogP contribution in [0.2, 0.25) is 0 Å². The van der Waals surface area contributed by atoms with E-state index in [0.29, 0.717) is 19.0 Å². The average Bonchev–Trinajstić information content (AvgIpc) is 2.61. The van der Waals surface area contributed by atoms with Crippen LogP contribution >= 0.6 is 0 Å². The van der Waals surface area contributed by atoms with Gasteiger partial charge in [0.05, 0.1) is 19.8 Å². The van der Waals surface area contributed by atoms with Gasteiger partial charge in [0, 0.05) is 37.3 Å². The first-order valence-electron chi connectivity index (χ1n) is 8.71. The molecule has 2 rings (SSSR count). The minimum atomic E-state index is -0.460. The molecule has 1 saturated heterocycles. The van der Waals surface area contributed by atoms with Crippen molar-refractivity contribution in [3.63, 3.8) is 0 Å². The largest absolute Gasteiger partial charge is 0.379 e. The summed E-state index contributed by atoms with van der Waals surface area (Å²) in [6.07, 6.45) is 0. The lowest BCUT2D eigenvalue weighted by molar-refractivity contribution is -0.00834. The summed E-state index contributed by atoms with van der Waals surface area (Å²) in [4.78, 5) is 6.75. The van der Waals surface area contributed by atoms with E-state index in [4.69, 9.17) is 4.74 Å². The van der Waals surface area contributed by atoms with Crippen LogP contribution in [0, 0.1) is 11.6 Å². The second-order valence-corrected chi connectivity index (χ2v) is 6.70. The van der Waals surface area contributed by atoms with Crippen LogP contribution in [0.25, 0.3) is 0 Å². The fraction of sp³-hybridized carbons (Fsp3) is 0.611. The van der Waals surface area contributed by atoms with Gasteiger partial charge in [-0.25, -0.2) is 13.8 Å². The Morgan fingerprint density at radius 2 is 1.96 bits per heavy atom. The molecule has 140 valence electrons. The molecule has 1 aliphatic heterocycles. The van der Waals surface area contributed by atoms with Crippen molar-refractivity contribution in [3.05, 3.63) is 35.4 Å². The number of benzene rings is 1. The molecule has 1 fully saturated rings. The molecule has 1 aromatic carbocycles. The Bertz CT molecular complexity index is 586. The Balaban J connectivity index is 1.98. The highest BCUT2D eigenvalue weighted by Crippen LogP contribution is 2.15. The second-order valence-electron chi connectivity index (χ2n) is 6.70. The van der Waals surface area contributed by atoms with Crippen molar-refractivity contribution in [1.82, 2.24) is 15.5 Å². The summed E-state index contributed by atoms with van der Waals surface area (Å²) in [7, 11) is 0. The zero-order valence-electron chi connectivity index (χ0n) is 15.2. The van der Waals surface area contributed by atoms with E-state index in [2.05, 4.69) is 34.4 Å². The first-order valence-corrected chi connectivity index (χ1v) is 8.71. The number of rotatable bonds is 6. The number of nitrogens with zero attached hydrogens (tertiary/aromatic N) is 2. The zero-order chi connectivity index (χ0) is 18.3. The fourth-order valence-electron chi connectivity index (χ4n) is 2.75. The van der Waals surface area contributed by atoms with Crippen LogP contribution in [0.3, 0.4) is 0 Å². The highest BCUT2D eigenvalue weighted by Gasteiger charge is 2.28. The van der Waals surface area contributed by atoms with Crippen LogP contribution < -0.4 is 10.6 Å². The smallest absolute Gasteiger partial charge is 0.191 e. The quantitative estimate of drug-likeness (QED) is 0.607. The summed E-state index contributed by atoms with van der Waals surface area (Å²) in [5.74, 6) is -0.319. The predicted molar refractivity (Wildman–Crippen MR) is 95.6 cm³/mol. The lowest BCUT2D eigenvalue weighted by atomic mass is 10.0. The lowest BCUT2D eigenvalue weighted by Gasteiger charge is -2.41. The van der Waals surface area contributed by atoms with Crippen LogP contribution in [0.5, 0.6) is 0 Å². The fourth-order valence-corrected chi connectivity index (χ4v) is 2.75. The van der Waals surface area contributed by atoms with Gasteiger partial charge in [-0.2, -0.15) is 0 Å².